The van der Waals surface area contributed by atoms with Crippen LogP contribution in [0.3, 0.4) is 0 Å². The fraction of sp³-hybridized carbons (Fsp3) is 0.308. The lowest BCUT2D eigenvalue weighted by Crippen LogP contribution is -2.27. The number of amides is 1. The molecule has 0 radical (unpaired) electrons. The van der Waals surface area contributed by atoms with Crippen molar-refractivity contribution in [2.75, 3.05) is 5.75 Å². The molecule has 5 nitrogen and oxygen atoms in total. The molecule has 0 unspecified atom stereocenters. The van der Waals surface area contributed by atoms with Crippen molar-refractivity contribution in [3.05, 3.63) is 29.3 Å². The molecule has 7 heteroatoms. The van der Waals surface area contributed by atoms with Gasteiger partial charge in [0.25, 0.3) is 0 Å². The van der Waals surface area contributed by atoms with Crippen LogP contribution in [-0.2, 0) is 4.79 Å². The normalized spacial score (nSPS) is 14.2. The highest BCUT2D eigenvalue weighted by molar-refractivity contribution is 7.99. The number of benzene rings is 1. The number of thioether (sulfide) groups is 1. The molecule has 1 aromatic heterocycles. The number of nitrogens with one attached hydrogen (secondary N) is 2. The molecule has 0 aliphatic heterocycles. The largest absolute Gasteiger partial charge is 0.353 e. The molecule has 2 aromatic rings. The van der Waals surface area contributed by atoms with Gasteiger partial charge in [0.15, 0.2) is 5.82 Å². The van der Waals surface area contributed by atoms with Crippen molar-refractivity contribution in [2.24, 2.45) is 0 Å². The van der Waals surface area contributed by atoms with Crippen LogP contribution in [0.1, 0.15) is 12.8 Å². The zero-order valence-corrected chi connectivity index (χ0v) is 12.2. The smallest absolute Gasteiger partial charge is 0.230 e. The molecule has 2 N–H and O–H groups in total. The summed E-state index contributed by atoms with van der Waals surface area (Å²) in [6.07, 6.45) is 2.19. The standard InChI is InChI=1S/C13H13ClN4OS/c14-9-3-1-8(2-4-9)12-16-13(18-17-12)20-7-11(19)15-10-5-6-10/h1-4,10H,5-7H2,(H,15,19)(H,16,17,18). The number of carbonyl (C=O) groups is 1. The molecule has 1 aliphatic rings. The lowest BCUT2D eigenvalue weighted by Gasteiger charge is -1.99. The van der Waals surface area contributed by atoms with Crippen LogP contribution in [0.4, 0.5) is 0 Å². The molecule has 1 heterocycles. The van der Waals surface area contributed by atoms with Gasteiger partial charge in [-0.1, -0.05) is 23.4 Å². The Hall–Kier alpha value is -1.53. The summed E-state index contributed by atoms with van der Waals surface area (Å²) in [5, 5.41) is 11.1. The van der Waals surface area contributed by atoms with Crippen molar-refractivity contribution >= 4 is 29.3 Å². The Morgan fingerprint density at radius 2 is 2.15 bits per heavy atom. The molecule has 1 aliphatic carbocycles. The van der Waals surface area contributed by atoms with Crippen molar-refractivity contribution in [2.45, 2.75) is 24.0 Å². The number of aromatic nitrogens is 3. The van der Waals surface area contributed by atoms with E-state index in [1.807, 2.05) is 12.1 Å². The van der Waals surface area contributed by atoms with Crippen LogP contribution in [0.15, 0.2) is 29.4 Å². The van der Waals surface area contributed by atoms with Crippen molar-refractivity contribution in [3.63, 3.8) is 0 Å². The zero-order chi connectivity index (χ0) is 13.9. The predicted molar refractivity (Wildman–Crippen MR) is 78.7 cm³/mol. The molecule has 104 valence electrons. The average molecular weight is 309 g/mol. The summed E-state index contributed by atoms with van der Waals surface area (Å²) in [7, 11) is 0. The number of halogens is 1. The lowest BCUT2D eigenvalue weighted by atomic mass is 10.2. The molecule has 0 saturated heterocycles. The van der Waals surface area contributed by atoms with Gasteiger partial charge in [-0.3, -0.25) is 9.89 Å². The van der Waals surface area contributed by atoms with Gasteiger partial charge >= 0.3 is 0 Å². The molecular formula is C13H13ClN4OS. The van der Waals surface area contributed by atoms with E-state index in [2.05, 4.69) is 20.5 Å². The van der Waals surface area contributed by atoms with E-state index in [1.165, 1.54) is 11.8 Å². The van der Waals surface area contributed by atoms with E-state index < -0.39 is 0 Å². The minimum atomic E-state index is 0.0374. The van der Waals surface area contributed by atoms with Gasteiger partial charge in [0.2, 0.25) is 11.1 Å². The highest BCUT2D eigenvalue weighted by Gasteiger charge is 2.23. The number of nitrogens with zero attached hydrogens (tertiary/aromatic N) is 2. The number of aromatic amines is 1. The molecule has 1 amide bonds. The number of H-pyrrole nitrogens is 1. The maximum absolute atomic E-state index is 11.6. The second-order valence-electron chi connectivity index (χ2n) is 4.60. The van der Waals surface area contributed by atoms with Gasteiger partial charge in [0.1, 0.15) is 0 Å². The maximum Gasteiger partial charge on any atom is 0.230 e. The van der Waals surface area contributed by atoms with Gasteiger partial charge < -0.3 is 5.32 Å². The average Bonchev–Trinajstić information content (AvgIpc) is 3.12. The minimum absolute atomic E-state index is 0.0374. The van der Waals surface area contributed by atoms with Gasteiger partial charge in [-0.05, 0) is 37.1 Å². The first-order valence-corrected chi connectivity index (χ1v) is 7.67. The van der Waals surface area contributed by atoms with Crippen LogP contribution in [0, 0.1) is 0 Å². The third kappa shape index (κ3) is 3.52. The van der Waals surface area contributed by atoms with E-state index in [0.29, 0.717) is 27.8 Å². The van der Waals surface area contributed by atoms with Crippen molar-refractivity contribution < 1.29 is 4.79 Å². The quantitative estimate of drug-likeness (QED) is 0.833. The second kappa shape index (κ2) is 5.85. The Morgan fingerprint density at radius 1 is 1.40 bits per heavy atom. The van der Waals surface area contributed by atoms with Gasteiger partial charge in [0, 0.05) is 16.6 Å². The van der Waals surface area contributed by atoms with Crippen LogP contribution in [0.2, 0.25) is 5.02 Å². The van der Waals surface area contributed by atoms with E-state index in [4.69, 9.17) is 11.6 Å². The first kappa shape index (κ1) is 13.5. The summed E-state index contributed by atoms with van der Waals surface area (Å²) in [5.41, 5.74) is 0.913. The minimum Gasteiger partial charge on any atom is -0.353 e. The van der Waals surface area contributed by atoms with E-state index >= 15 is 0 Å². The summed E-state index contributed by atoms with van der Waals surface area (Å²) >= 11 is 7.17. The summed E-state index contributed by atoms with van der Waals surface area (Å²) in [6.45, 7) is 0. The van der Waals surface area contributed by atoms with Crippen LogP contribution in [0.5, 0.6) is 0 Å². The Labute approximate surface area is 125 Å². The lowest BCUT2D eigenvalue weighted by molar-refractivity contribution is -0.118. The molecule has 1 aromatic carbocycles. The molecule has 0 spiro atoms. The molecule has 3 rings (SSSR count). The molecule has 0 bridgehead atoms. The van der Waals surface area contributed by atoms with E-state index in [9.17, 15) is 4.79 Å². The third-order valence-corrected chi connectivity index (χ3v) is 3.96. The molecular weight excluding hydrogens is 296 g/mol. The highest BCUT2D eigenvalue weighted by Crippen LogP contribution is 2.22. The van der Waals surface area contributed by atoms with Crippen LogP contribution < -0.4 is 5.32 Å². The summed E-state index contributed by atoms with van der Waals surface area (Å²) in [6, 6.07) is 7.73. The molecule has 0 atom stereocenters. The van der Waals surface area contributed by atoms with Gasteiger partial charge in [-0.15, -0.1) is 5.10 Å². The van der Waals surface area contributed by atoms with Gasteiger partial charge in [-0.2, -0.15) is 0 Å². The topological polar surface area (TPSA) is 70.7 Å². The summed E-state index contributed by atoms with van der Waals surface area (Å²) in [5.74, 6) is 1.05. The predicted octanol–water partition coefficient (Wildman–Crippen LogP) is 2.50. The molecule has 1 saturated carbocycles. The zero-order valence-electron chi connectivity index (χ0n) is 10.6. The van der Waals surface area contributed by atoms with Crippen LogP contribution in [0.25, 0.3) is 11.4 Å². The van der Waals surface area contributed by atoms with Crippen molar-refractivity contribution in [1.29, 1.82) is 0 Å². The van der Waals surface area contributed by atoms with Crippen LogP contribution >= 0.6 is 23.4 Å². The van der Waals surface area contributed by atoms with Crippen LogP contribution in [-0.4, -0.2) is 32.9 Å². The van der Waals surface area contributed by atoms with Gasteiger partial charge in [-0.25, -0.2) is 4.98 Å². The Morgan fingerprint density at radius 3 is 2.85 bits per heavy atom. The van der Waals surface area contributed by atoms with Crippen molar-refractivity contribution in [1.82, 2.24) is 20.5 Å². The van der Waals surface area contributed by atoms with E-state index in [1.54, 1.807) is 12.1 Å². The van der Waals surface area contributed by atoms with Gasteiger partial charge in [0.05, 0.1) is 5.75 Å². The number of hydrogen-bond donors (Lipinski definition) is 2. The molecule has 20 heavy (non-hydrogen) atoms. The Balaban J connectivity index is 1.58. The SMILES string of the molecule is O=C(CSc1n[nH]c(-c2ccc(Cl)cc2)n1)NC1CC1. The fourth-order valence-electron chi connectivity index (χ4n) is 1.67. The van der Waals surface area contributed by atoms with Crippen molar-refractivity contribution in [3.8, 4) is 11.4 Å². The maximum atomic E-state index is 11.6. The second-order valence-corrected chi connectivity index (χ2v) is 5.98. The summed E-state index contributed by atoms with van der Waals surface area (Å²) in [4.78, 5) is 15.9. The highest BCUT2D eigenvalue weighted by atomic mass is 35.5. The Kier molecular flexibility index (Phi) is 3.93. The monoisotopic (exact) mass is 308 g/mol. The first-order valence-electron chi connectivity index (χ1n) is 6.31. The first-order chi connectivity index (χ1) is 9.70. The number of hydrogen-bond acceptors (Lipinski definition) is 4. The fourth-order valence-corrected chi connectivity index (χ4v) is 2.41. The van der Waals surface area contributed by atoms with E-state index in [-0.39, 0.29) is 5.91 Å². The number of carbonyl (C=O) groups excluding carboxylic acids is 1. The Bertz CT molecular complexity index is 609. The number of rotatable bonds is 5. The van der Waals surface area contributed by atoms with E-state index in [0.717, 1.165) is 18.4 Å². The summed E-state index contributed by atoms with van der Waals surface area (Å²) < 4.78 is 0. The third-order valence-electron chi connectivity index (χ3n) is 2.86. The molecule has 1 fully saturated rings.